The monoisotopic (exact) mass is 306 g/mol. The second kappa shape index (κ2) is 7.22. The van der Waals surface area contributed by atoms with Crippen molar-refractivity contribution in [3.8, 4) is 0 Å². The molecule has 1 saturated heterocycles. The third-order valence-electron chi connectivity index (χ3n) is 5.05. The Kier molecular flexibility index (Phi) is 5.08. The molecule has 0 radical (unpaired) electrons. The van der Waals surface area contributed by atoms with Gasteiger partial charge >= 0.3 is 0 Å². The Morgan fingerprint density at radius 1 is 1.27 bits per heavy atom. The maximum atomic E-state index is 12.5. The topological polar surface area (TPSA) is 60.3 Å². The number of methoxy groups -OCH3 is 1. The number of hydrogen-bond donors (Lipinski definition) is 0. The molecular formula is C16H26N4O2. The minimum Gasteiger partial charge on any atom is -0.384 e. The predicted molar refractivity (Wildman–Crippen MR) is 82.4 cm³/mol. The van der Waals surface area contributed by atoms with E-state index >= 15 is 0 Å². The van der Waals surface area contributed by atoms with E-state index in [0.29, 0.717) is 24.5 Å². The summed E-state index contributed by atoms with van der Waals surface area (Å²) in [5.74, 6) is 1.67. The van der Waals surface area contributed by atoms with Crippen molar-refractivity contribution in [3.05, 3.63) is 12.2 Å². The van der Waals surface area contributed by atoms with Crippen molar-refractivity contribution in [2.24, 2.45) is 5.92 Å². The van der Waals surface area contributed by atoms with Crippen LogP contribution in [0, 0.1) is 5.92 Å². The van der Waals surface area contributed by atoms with E-state index in [4.69, 9.17) is 4.74 Å². The fourth-order valence-electron chi connectivity index (χ4n) is 3.74. The zero-order chi connectivity index (χ0) is 15.4. The van der Waals surface area contributed by atoms with Crippen molar-refractivity contribution in [3.63, 3.8) is 0 Å². The van der Waals surface area contributed by atoms with Crippen LogP contribution in [0.15, 0.2) is 6.33 Å². The van der Waals surface area contributed by atoms with Gasteiger partial charge in [-0.2, -0.15) is 0 Å². The highest BCUT2D eigenvalue weighted by Gasteiger charge is 2.30. The van der Waals surface area contributed by atoms with Crippen LogP contribution in [-0.2, 0) is 16.0 Å². The smallest absolute Gasteiger partial charge is 0.225 e. The van der Waals surface area contributed by atoms with E-state index in [-0.39, 0.29) is 0 Å². The fourth-order valence-corrected chi connectivity index (χ4v) is 3.74. The van der Waals surface area contributed by atoms with E-state index in [2.05, 4.69) is 19.7 Å². The number of likely N-dealkylation sites (tertiary alicyclic amines) is 1. The molecule has 0 bridgehead atoms. The van der Waals surface area contributed by atoms with Gasteiger partial charge in [0.15, 0.2) is 0 Å². The fraction of sp³-hybridized carbons (Fsp3) is 0.812. The second-order valence-corrected chi connectivity index (χ2v) is 6.44. The SMILES string of the molecule is COCCc1nncn1C1CCN(C(=O)C2CCCC2)CC1. The molecule has 2 fully saturated rings. The van der Waals surface area contributed by atoms with Crippen LogP contribution in [-0.4, -0.2) is 52.4 Å². The van der Waals surface area contributed by atoms with Crippen LogP contribution in [0.25, 0.3) is 0 Å². The lowest BCUT2D eigenvalue weighted by molar-refractivity contribution is -0.136. The van der Waals surface area contributed by atoms with Crippen molar-refractivity contribution < 1.29 is 9.53 Å². The van der Waals surface area contributed by atoms with Gasteiger partial charge in [0.2, 0.25) is 5.91 Å². The van der Waals surface area contributed by atoms with Crippen LogP contribution < -0.4 is 0 Å². The highest BCUT2D eigenvalue weighted by molar-refractivity contribution is 5.79. The van der Waals surface area contributed by atoms with Gasteiger partial charge in [0.25, 0.3) is 0 Å². The summed E-state index contributed by atoms with van der Waals surface area (Å²) in [5.41, 5.74) is 0. The van der Waals surface area contributed by atoms with Crippen LogP contribution in [0.1, 0.15) is 50.4 Å². The number of hydrogen-bond acceptors (Lipinski definition) is 4. The molecule has 3 rings (SSSR count). The summed E-state index contributed by atoms with van der Waals surface area (Å²) in [6, 6.07) is 0.412. The van der Waals surface area contributed by atoms with Gasteiger partial charge in [-0.1, -0.05) is 12.8 Å². The first kappa shape index (κ1) is 15.5. The van der Waals surface area contributed by atoms with Crippen LogP contribution in [0.3, 0.4) is 0 Å². The molecule has 22 heavy (non-hydrogen) atoms. The van der Waals surface area contributed by atoms with E-state index < -0.39 is 0 Å². The average Bonchev–Trinajstić information content (AvgIpc) is 3.24. The van der Waals surface area contributed by atoms with Crippen molar-refractivity contribution in [1.82, 2.24) is 19.7 Å². The van der Waals surface area contributed by atoms with Crippen molar-refractivity contribution in [2.75, 3.05) is 26.8 Å². The molecule has 0 aromatic carbocycles. The third kappa shape index (κ3) is 3.32. The van der Waals surface area contributed by atoms with Gasteiger partial charge in [-0.05, 0) is 25.7 Å². The summed E-state index contributed by atoms with van der Waals surface area (Å²) in [7, 11) is 1.70. The minimum atomic E-state index is 0.295. The first-order valence-electron chi connectivity index (χ1n) is 8.45. The molecule has 0 unspecified atom stereocenters. The molecule has 6 heteroatoms. The zero-order valence-corrected chi connectivity index (χ0v) is 13.4. The van der Waals surface area contributed by atoms with E-state index in [1.54, 1.807) is 7.11 Å². The van der Waals surface area contributed by atoms with E-state index in [1.165, 1.54) is 12.8 Å². The van der Waals surface area contributed by atoms with E-state index in [1.807, 2.05) is 6.33 Å². The standard InChI is InChI=1S/C16H26N4O2/c1-22-11-8-15-18-17-12-20(15)14-6-9-19(10-7-14)16(21)13-4-2-3-5-13/h12-14H,2-11H2,1H3. The summed E-state index contributed by atoms with van der Waals surface area (Å²) >= 11 is 0. The predicted octanol–water partition coefficient (Wildman–Crippen LogP) is 1.82. The van der Waals surface area contributed by atoms with Crippen molar-refractivity contribution in [1.29, 1.82) is 0 Å². The Bertz CT molecular complexity index is 488. The molecule has 1 aliphatic heterocycles. The van der Waals surface area contributed by atoms with Gasteiger partial charge in [0.05, 0.1) is 6.61 Å². The highest BCUT2D eigenvalue weighted by atomic mass is 16.5. The summed E-state index contributed by atoms with van der Waals surface area (Å²) in [6.07, 6.45) is 9.22. The van der Waals surface area contributed by atoms with Crippen LogP contribution in [0.5, 0.6) is 0 Å². The summed E-state index contributed by atoms with van der Waals surface area (Å²) in [5, 5.41) is 8.24. The summed E-state index contributed by atoms with van der Waals surface area (Å²) < 4.78 is 7.31. The molecule has 1 amide bonds. The first-order valence-corrected chi connectivity index (χ1v) is 8.45. The number of carbonyl (C=O) groups is 1. The lowest BCUT2D eigenvalue weighted by Gasteiger charge is -2.34. The Hall–Kier alpha value is -1.43. The molecule has 1 saturated carbocycles. The number of rotatable bonds is 5. The minimum absolute atomic E-state index is 0.295. The number of ether oxygens (including phenoxy) is 1. The molecule has 0 atom stereocenters. The lowest BCUT2D eigenvalue weighted by atomic mass is 10.0. The molecule has 0 N–H and O–H groups in total. The molecular weight excluding hydrogens is 280 g/mol. The van der Waals surface area contributed by atoms with Crippen molar-refractivity contribution >= 4 is 5.91 Å². The van der Waals surface area contributed by atoms with Crippen LogP contribution in [0.4, 0.5) is 0 Å². The third-order valence-corrected chi connectivity index (χ3v) is 5.05. The maximum absolute atomic E-state index is 12.5. The number of carbonyl (C=O) groups excluding carboxylic acids is 1. The molecule has 122 valence electrons. The molecule has 1 aromatic heterocycles. The number of piperidine rings is 1. The molecule has 2 heterocycles. The van der Waals surface area contributed by atoms with Gasteiger partial charge in [0.1, 0.15) is 12.2 Å². The highest BCUT2D eigenvalue weighted by Crippen LogP contribution is 2.29. The maximum Gasteiger partial charge on any atom is 0.225 e. The molecule has 0 spiro atoms. The largest absolute Gasteiger partial charge is 0.384 e. The van der Waals surface area contributed by atoms with Gasteiger partial charge in [0, 0.05) is 38.6 Å². The Morgan fingerprint density at radius 3 is 2.68 bits per heavy atom. The van der Waals surface area contributed by atoms with Gasteiger partial charge < -0.3 is 14.2 Å². The van der Waals surface area contributed by atoms with E-state index in [0.717, 1.165) is 51.0 Å². The zero-order valence-electron chi connectivity index (χ0n) is 13.4. The quantitative estimate of drug-likeness (QED) is 0.832. The van der Waals surface area contributed by atoms with Gasteiger partial charge in [-0.15, -0.1) is 10.2 Å². The molecule has 2 aliphatic rings. The molecule has 1 aliphatic carbocycles. The Balaban J connectivity index is 1.55. The normalized spacial score (nSPS) is 20.7. The summed E-state index contributed by atoms with van der Waals surface area (Å²) in [6.45, 7) is 2.39. The number of aromatic nitrogens is 3. The van der Waals surface area contributed by atoms with E-state index in [9.17, 15) is 4.79 Å². The average molecular weight is 306 g/mol. The second-order valence-electron chi connectivity index (χ2n) is 6.44. The molecule has 6 nitrogen and oxygen atoms in total. The lowest BCUT2D eigenvalue weighted by Crippen LogP contribution is -2.41. The number of amides is 1. The Morgan fingerprint density at radius 2 is 2.00 bits per heavy atom. The molecule has 1 aromatic rings. The first-order chi connectivity index (χ1) is 10.8. The number of nitrogens with zero attached hydrogens (tertiary/aromatic N) is 4. The van der Waals surface area contributed by atoms with Crippen LogP contribution in [0.2, 0.25) is 0 Å². The van der Waals surface area contributed by atoms with Crippen molar-refractivity contribution in [2.45, 2.75) is 51.0 Å². The van der Waals surface area contributed by atoms with Gasteiger partial charge in [-0.25, -0.2) is 0 Å². The Labute approximate surface area is 131 Å². The van der Waals surface area contributed by atoms with Gasteiger partial charge in [-0.3, -0.25) is 4.79 Å². The van der Waals surface area contributed by atoms with Crippen LogP contribution >= 0.6 is 0 Å². The summed E-state index contributed by atoms with van der Waals surface area (Å²) in [4.78, 5) is 14.6.